The molecule has 0 heterocycles. The summed E-state index contributed by atoms with van der Waals surface area (Å²) in [5, 5.41) is 11.8. The van der Waals surface area contributed by atoms with Gasteiger partial charge in [-0.2, -0.15) is 0 Å². The Balaban J connectivity index is 1.81. The first-order chi connectivity index (χ1) is 10.6. The molecule has 2 rings (SSSR count). The second-order valence-electron chi connectivity index (χ2n) is 4.70. The van der Waals surface area contributed by atoms with Crippen LogP contribution < -0.4 is 10.1 Å². The summed E-state index contributed by atoms with van der Waals surface area (Å²) in [4.78, 5) is 11.1. The number of nitrogens with one attached hydrogen (secondary N) is 1. The first-order valence-corrected chi connectivity index (χ1v) is 7.33. The van der Waals surface area contributed by atoms with Crippen LogP contribution in [0.1, 0.15) is 11.1 Å². The zero-order valence-corrected chi connectivity index (χ0v) is 12.8. The van der Waals surface area contributed by atoms with Gasteiger partial charge in [-0.3, -0.25) is 0 Å². The van der Waals surface area contributed by atoms with Crippen molar-refractivity contribution < 1.29 is 14.6 Å². The lowest BCUT2D eigenvalue weighted by Gasteiger charge is -2.09. The van der Waals surface area contributed by atoms with Crippen LogP contribution in [0.2, 0.25) is 0 Å². The minimum atomic E-state index is -0.998. The van der Waals surface area contributed by atoms with E-state index in [2.05, 4.69) is 17.4 Å². The number of rotatable bonds is 7. The fourth-order valence-corrected chi connectivity index (χ4v) is 2.15. The van der Waals surface area contributed by atoms with Gasteiger partial charge in [-0.25, -0.2) is 4.79 Å². The number of carboxylic acid groups (broad SMARTS) is 1. The average molecular weight is 315 g/mol. The molecule has 2 N–H and O–H groups in total. The third-order valence-corrected chi connectivity index (χ3v) is 3.40. The normalized spacial score (nSPS) is 10.0. The molecule has 4 nitrogen and oxygen atoms in total. The molecule has 0 amide bonds. The van der Waals surface area contributed by atoms with Crippen LogP contribution in [0.3, 0.4) is 0 Å². The van der Waals surface area contributed by atoms with Crippen LogP contribution in [0, 0.1) is 0 Å². The smallest absolute Gasteiger partial charge is 0.341 e. The Bertz CT molecular complexity index is 626. The maximum atomic E-state index is 10.4. The highest BCUT2D eigenvalue weighted by Gasteiger charge is 2.03. The van der Waals surface area contributed by atoms with Crippen molar-refractivity contribution in [2.45, 2.75) is 6.42 Å². The Labute approximate surface area is 134 Å². The molecule has 0 aliphatic carbocycles. The largest absolute Gasteiger partial charge is 0.482 e. The zero-order chi connectivity index (χ0) is 15.8. The number of ether oxygens (including phenoxy) is 1. The van der Waals surface area contributed by atoms with Crippen LogP contribution in [0.25, 0.3) is 0 Å². The molecule has 0 radical (unpaired) electrons. The molecule has 0 aliphatic heterocycles. The lowest BCUT2D eigenvalue weighted by molar-refractivity contribution is -0.139. The van der Waals surface area contributed by atoms with E-state index in [4.69, 9.17) is 22.1 Å². The van der Waals surface area contributed by atoms with Gasteiger partial charge < -0.3 is 15.2 Å². The average Bonchev–Trinajstić information content (AvgIpc) is 2.54. The Kier molecular flexibility index (Phi) is 5.91. The molecular formula is C17H17NO3S. The molecule has 0 saturated heterocycles. The number of carbonyl (C=O) groups is 1. The van der Waals surface area contributed by atoms with Gasteiger partial charge in [0.15, 0.2) is 6.61 Å². The summed E-state index contributed by atoms with van der Waals surface area (Å²) in [5.41, 5.74) is 2.14. The lowest BCUT2D eigenvalue weighted by atomic mass is 10.1. The Morgan fingerprint density at radius 1 is 1.09 bits per heavy atom. The maximum Gasteiger partial charge on any atom is 0.341 e. The Morgan fingerprint density at radius 3 is 2.41 bits per heavy atom. The number of carboxylic acids is 1. The van der Waals surface area contributed by atoms with Gasteiger partial charge in [-0.05, 0) is 36.2 Å². The molecule has 0 bridgehead atoms. The predicted octanol–water partition coefficient (Wildman–Crippen LogP) is 2.66. The number of hydrogen-bond donors (Lipinski definition) is 2. The molecule has 0 aromatic heterocycles. The first-order valence-electron chi connectivity index (χ1n) is 6.92. The number of thiocarbonyl (C=S) groups is 1. The van der Waals surface area contributed by atoms with Gasteiger partial charge in [0.05, 0.1) is 0 Å². The summed E-state index contributed by atoms with van der Waals surface area (Å²) in [7, 11) is 0. The van der Waals surface area contributed by atoms with Crippen LogP contribution in [0.4, 0.5) is 0 Å². The summed E-state index contributed by atoms with van der Waals surface area (Å²) in [6.45, 7) is 0.416. The molecule has 22 heavy (non-hydrogen) atoms. The Morgan fingerprint density at radius 2 is 1.77 bits per heavy atom. The summed E-state index contributed by atoms with van der Waals surface area (Å²) in [5.74, 6) is -0.486. The van der Waals surface area contributed by atoms with E-state index in [9.17, 15) is 4.79 Å². The zero-order valence-electron chi connectivity index (χ0n) is 12.0. The van der Waals surface area contributed by atoms with Crippen molar-refractivity contribution in [3.8, 4) is 5.75 Å². The maximum absolute atomic E-state index is 10.4. The SMILES string of the molecule is O=C(O)COc1ccc(C(=S)NCCc2ccccc2)cc1. The highest BCUT2D eigenvalue weighted by atomic mass is 32.1. The van der Waals surface area contributed by atoms with E-state index in [-0.39, 0.29) is 6.61 Å². The quantitative estimate of drug-likeness (QED) is 0.769. The topological polar surface area (TPSA) is 58.6 Å². The highest BCUT2D eigenvalue weighted by molar-refractivity contribution is 7.80. The summed E-state index contributed by atoms with van der Waals surface area (Å²) >= 11 is 5.34. The van der Waals surface area contributed by atoms with E-state index in [0.29, 0.717) is 10.7 Å². The molecule has 0 unspecified atom stereocenters. The summed E-state index contributed by atoms with van der Waals surface area (Å²) in [6.07, 6.45) is 0.904. The molecule has 114 valence electrons. The van der Waals surface area contributed by atoms with Crippen molar-refractivity contribution in [1.82, 2.24) is 5.32 Å². The molecule has 5 heteroatoms. The van der Waals surface area contributed by atoms with Gasteiger partial charge in [0.2, 0.25) is 0 Å². The second-order valence-corrected chi connectivity index (χ2v) is 5.11. The van der Waals surface area contributed by atoms with Crippen molar-refractivity contribution >= 4 is 23.2 Å². The molecule has 2 aromatic rings. The van der Waals surface area contributed by atoms with Crippen LogP contribution in [-0.4, -0.2) is 29.2 Å². The fourth-order valence-electron chi connectivity index (χ4n) is 1.91. The van der Waals surface area contributed by atoms with Crippen LogP contribution in [-0.2, 0) is 11.2 Å². The lowest BCUT2D eigenvalue weighted by Crippen LogP contribution is -2.24. The van der Waals surface area contributed by atoms with E-state index in [0.717, 1.165) is 18.5 Å². The van der Waals surface area contributed by atoms with Gasteiger partial charge in [0.1, 0.15) is 10.7 Å². The monoisotopic (exact) mass is 315 g/mol. The number of aliphatic carboxylic acids is 1. The first kappa shape index (κ1) is 16.0. The van der Waals surface area contributed by atoms with Crippen molar-refractivity contribution in [2.24, 2.45) is 0 Å². The second kappa shape index (κ2) is 8.14. The standard InChI is InChI=1S/C17H17NO3S/c19-16(20)12-21-15-8-6-14(7-9-15)17(22)18-11-10-13-4-2-1-3-5-13/h1-9H,10-12H2,(H,18,22)(H,19,20). The van der Waals surface area contributed by atoms with Gasteiger partial charge in [0.25, 0.3) is 0 Å². The molecule has 2 aromatic carbocycles. The summed E-state index contributed by atoms with van der Waals surface area (Å²) in [6, 6.07) is 17.2. The van der Waals surface area contributed by atoms with Crippen molar-refractivity contribution in [3.63, 3.8) is 0 Å². The number of benzene rings is 2. The minimum absolute atomic E-state index is 0.348. The molecule has 0 atom stereocenters. The van der Waals surface area contributed by atoms with Crippen LogP contribution in [0.5, 0.6) is 5.75 Å². The minimum Gasteiger partial charge on any atom is -0.482 e. The molecular weight excluding hydrogens is 298 g/mol. The molecule has 0 saturated carbocycles. The van der Waals surface area contributed by atoms with E-state index < -0.39 is 5.97 Å². The molecule has 0 spiro atoms. The number of hydrogen-bond acceptors (Lipinski definition) is 3. The van der Waals surface area contributed by atoms with Crippen LogP contribution in [0.15, 0.2) is 54.6 Å². The molecule has 0 fully saturated rings. The Hall–Kier alpha value is -2.40. The van der Waals surface area contributed by atoms with Gasteiger partial charge in [-0.15, -0.1) is 0 Å². The third-order valence-electron chi connectivity index (χ3n) is 3.02. The van der Waals surface area contributed by atoms with E-state index in [1.54, 1.807) is 12.1 Å². The van der Waals surface area contributed by atoms with Crippen molar-refractivity contribution in [3.05, 3.63) is 65.7 Å². The van der Waals surface area contributed by atoms with E-state index in [1.165, 1.54) is 5.56 Å². The van der Waals surface area contributed by atoms with Crippen molar-refractivity contribution in [2.75, 3.05) is 13.2 Å². The van der Waals surface area contributed by atoms with E-state index in [1.807, 2.05) is 30.3 Å². The van der Waals surface area contributed by atoms with Gasteiger partial charge >= 0.3 is 5.97 Å². The van der Waals surface area contributed by atoms with Crippen molar-refractivity contribution in [1.29, 1.82) is 0 Å². The van der Waals surface area contributed by atoms with Gasteiger partial charge in [-0.1, -0.05) is 42.5 Å². The third kappa shape index (κ3) is 5.18. The van der Waals surface area contributed by atoms with Crippen LogP contribution >= 0.6 is 12.2 Å². The van der Waals surface area contributed by atoms with Gasteiger partial charge in [0, 0.05) is 12.1 Å². The summed E-state index contributed by atoms with van der Waals surface area (Å²) < 4.78 is 5.08. The molecule has 0 aliphatic rings. The predicted molar refractivity (Wildman–Crippen MR) is 89.4 cm³/mol. The van der Waals surface area contributed by atoms with E-state index >= 15 is 0 Å². The highest BCUT2D eigenvalue weighted by Crippen LogP contribution is 2.12. The fraction of sp³-hybridized carbons (Fsp3) is 0.176.